The summed E-state index contributed by atoms with van der Waals surface area (Å²) in [5.74, 6) is 0. The van der Waals surface area contributed by atoms with E-state index in [0.29, 0.717) is 0 Å². The topological polar surface area (TPSA) is 6.48 Å². The average Bonchev–Trinajstić information content (AvgIpc) is 3.69. The summed E-state index contributed by atoms with van der Waals surface area (Å²) in [5, 5.41) is 2.65. The van der Waals surface area contributed by atoms with Crippen LogP contribution in [0.5, 0.6) is 0 Å². The molecule has 0 atom stereocenters. The molecule has 2 aliphatic rings. The number of nitrogens with zero attached hydrogens (tertiary/aromatic N) is 2. The van der Waals surface area contributed by atoms with Gasteiger partial charge in [0.05, 0.1) is 5.69 Å². The first kappa shape index (κ1) is 44.2. The Bertz CT molecular complexity index is 3440. The molecule has 1 aromatic heterocycles. The summed E-state index contributed by atoms with van der Waals surface area (Å²) in [5.41, 5.74) is 21.5. The van der Waals surface area contributed by atoms with E-state index in [1.165, 1.54) is 110 Å². The molecular weight excluding hydrogens is 840 g/mol. The third-order valence-electron chi connectivity index (χ3n) is 14.7. The number of hydrogen-bond acceptors (Lipinski definition) is 3. The van der Waals surface area contributed by atoms with E-state index < -0.39 is 0 Å². The fraction of sp³-hybridized carbons (Fsp3) is 0.250. The SMILES string of the molecule is CC(C)(C)c1ccc2c(c1)B1c3ccc(C(C)(C)C)cc3N(c3ccc(-c4cccc5c4sc4ccccc45)cc3)c3cc(C(C)(C)C)cc(c31)N2c1ccc(C(C)(C)C)cc1-c1ccccc1. The fourth-order valence-corrected chi connectivity index (χ4v) is 12.0. The van der Waals surface area contributed by atoms with Crippen LogP contribution < -0.4 is 26.2 Å². The van der Waals surface area contributed by atoms with Crippen LogP contribution in [0.15, 0.2) is 164 Å². The molecule has 0 saturated carbocycles. The highest BCUT2D eigenvalue weighted by Gasteiger charge is 2.45. The van der Waals surface area contributed by atoms with E-state index in [0.717, 1.165) is 5.69 Å². The van der Waals surface area contributed by atoms with E-state index in [4.69, 9.17) is 0 Å². The molecule has 2 nitrogen and oxygen atoms in total. The van der Waals surface area contributed by atoms with E-state index in [-0.39, 0.29) is 28.4 Å². The summed E-state index contributed by atoms with van der Waals surface area (Å²) in [4.78, 5) is 5.24. The molecule has 338 valence electrons. The van der Waals surface area contributed by atoms with Gasteiger partial charge in [0, 0.05) is 54.2 Å². The second-order valence-electron chi connectivity index (χ2n) is 23.5. The number of hydrogen-bond donors (Lipinski definition) is 0. The van der Waals surface area contributed by atoms with Gasteiger partial charge in [-0.1, -0.05) is 192 Å². The number of anilines is 6. The third-order valence-corrected chi connectivity index (χ3v) is 15.9. The summed E-state index contributed by atoms with van der Waals surface area (Å²) >= 11 is 1.90. The molecule has 0 saturated heterocycles. The number of rotatable bonds is 4. The zero-order valence-electron chi connectivity index (χ0n) is 42.0. The number of benzene rings is 8. The lowest BCUT2D eigenvalue weighted by molar-refractivity contribution is 0.589. The quantitative estimate of drug-likeness (QED) is 0.162. The Kier molecular flexibility index (Phi) is 10.1. The van der Waals surface area contributed by atoms with Crippen LogP contribution in [-0.2, 0) is 21.7 Å². The first-order chi connectivity index (χ1) is 32.3. The van der Waals surface area contributed by atoms with Gasteiger partial charge < -0.3 is 9.80 Å². The Morgan fingerprint density at radius 1 is 0.368 bits per heavy atom. The molecule has 9 aromatic rings. The van der Waals surface area contributed by atoms with Gasteiger partial charge in [0.1, 0.15) is 0 Å². The van der Waals surface area contributed by atoms with Crippen molar-refractivity contribution in [3.63, 3.8) is 0 Å². The van der Waals surface area contributed by atoms with Gasteiger partial charge in [-0.2, -0.15) is 0 Å². The molecule has 0 unspecified atom stereocenters. The molecule has 0 N–H and O–H groups in total. The normalized spacial score (nSPS) is 13.8. The maximum absolute atomic E-state index is 2.63. The first-order valence-corrected chi connectivity index (χ1v) is 25.4. The predicted molar refractivity (Wildman–Crippen MR) is 299 cm³/mol. The van der Waals surface area contributed by atoms with Crippen molar-refractivity contribution in [2.45, 2.75) is 105 Å². The van der Waals surface area contributed by atoms with Crippen molar-refractivity contribution in [3.8, 4) is 22.3 Å². The summed E-state index contributed by atoms with van der Waals surface area (Å²) in [6.07, 6.45) is 0. The van der Waals surface area contributed by atoms with Gasteiger partial charge in [0.2, 0.25) is 0 Å². The number of thiophene rings is 1. The minimum absolute atomic E-state index is 0.0155. The minimum atomic E-state index is -0.132. The van der Waals surface area contributed by atoms with Gasteiger partial charge in [-0.3, -0.25) is 0 Å². The smallest absolute Gasteiger partial charge is 0.252 e. The maximum Gasteiger partial charge on any atom is 0.252 e. The van der Waals surface area contributed by atoms with Crippen LogP contribution in [0, 0.1) is 0 Å². The van der Waals surface area contributed by atoms with Crippen LogP contribution in [0.2, 0.25) is 0 Å². The monoisotopic (exact) mass is 902 g/mol. The highest BCUT2D eigenvalue weighted by atomic mass is 32.1. The van der Waals surface area contributed by atoms with Crippen molar-refractivity contribution in [3.05, 3.63) is 186 Å². The van der Waals surface area contributed by atoms with Crippen LogP contribution in [0.25, 0.3) is 42.4 Å². The molecule has 11 rings (SSSR count). The summed E-state index contributed by atoms with van der Waals surface area (Å²) in [6.45, 7) is 28.1. The molecule has 0 aliphatic carbocycles. The van der Waals surface area contributed by atoms with E-state index in [9.17, 15) is 0 Å². The van der Waals surface area contributed by atoms with Gasteiger partial charge in [-0.15, -0.1) is 11.3 Å². The Morgan fingerprint density at radius 3 is 1.59 bits per heavy atom. The second kappa shape index (κ2) is 15.6. The zero-order chi connectivity index (χ0) is 47.7. The maximum atomic E-state index is 2.63. The van der Waals surface area contributed by atoms with Crippen LogP contribution >= 0.6 is 11.3 Å². The highest BCUT2D eigenvalue weighted by molar-refractivity contribution is 7.26. The van der Waals surface area contributed by atoms with E-state index >= 15 is 0 Å². The van der Waals surface area contributed by atoms with Crippen LogP contribution in [0.1, 0.15) is 105 Å². The lowest BCUT2D eigenvalue weighted by atomic mass is 9.33. The van der Waals surface area contributed by atoms with Crippen molar-refractivity contribution < 1.29 is 0 Å². The molecule has 2 aliphatic heterocycles. The largest absolute Gasteiger partial charge is 0.311 e. The summed E-state index contributed by atoms with van der Waals surface area (Å²) in [6, 6.07) is 63.1. The number of fused-ring (bicyclic) bond motifs is 7. The Morgan fingerprint density at radius 2 is 0.912 bits per heavy atom. The lowest BCUT2D eigenvalue weighted by Crippen LogP contribution is -2.61. The van der Waals surface area contributed by atoms with Gasteiger partial charge in [0.15, 0.2) is 0 Å². The Hall–Kier alpha value is -6.36. The summed E-state index contributed by atoms with van der Waals surface area (Å²) in [7, 11) is 0. The average molecular weight is 903 g/mol. The highest BCUT2D eigenvalue weighted by Crippen LogP contribution is 2.50. The van der Waals surface area contributed by atoms with Crippen molar-refractivity contribution in [1.29, 1.82) is 0 Å². The van der Waals surface area contributed by atoms with Crippen LogP contribution in [0.4, 0.5) is 34.1 Å². The molecule has 0 radical (unpaired) electrons. The van der Waals surface area contributed by atoms with Crippen molar-refractivity contribution in [2.75, 3.05) is 9.80 Å². The van der Waals surface area contributed by atoms with Gasteiger partial charge in [0.25, 0.3) is 6.71 Å². The molecule has 0 fully saturated rings. The van der Waals surface area contributed by atoms with E-state index in [1.807, 2.05) is 11.3 Å². The lowest BCUT2D eigenvalue weighted by Gasteiger charge is -2.46. The van der Waals surface area contributed by atoms with Crippen molar-refractivity contribution in [2.24, 2.45) is 0 Å². The molecule has 68 heavy (non-hydrogen) atoms. The van der Waals surface area contributed by atoms with Gasteiger partial charge in [-0.05, 0) is 132 Å². The molecule has 3 heterocycles. The Balaban J connectivity index is 1.21. The molecule has 4 heteroatoms. The standard InChI is InChI=1S/C64H63BN2S/c1-61(2,3)42-28-33-53(50(35-42)40-19-14-13-15-20-40)67-54-34-29-43(62(4,5)6)36-52(54)65-51-32-27-44(63(7,8)9)37-55(51)66(56-38-45(64(10,11)12)39-57(67)59(56)65)46-30-25-41(26-31-46)47-22-18-23-49-48-21-16-17-24-58(48)68-60(47)49/h13-39H,1-12H3. The third kappa shape index (κ3) is 7.30. The van der Waals surface area contributed by atoms with Gasteiger partial charge >= 0.3 is 0 Å². The molecule has 0 bridgehead atoms. The molecule has 0 spiro atoms. The zero-order valence-corrected chi connectivity index (χ0v) is 42.8. The molecule has 8 aromatic carbocycles. The van der Waals surface area contributed by atoms with Crippen molar-refractivity contribution >= 4 is 88.7 Å². The minimum Gasteiger partial charge on any atom is -0.311 e. The van der Waals surface area contributed by atoms with Crippen LogP contribution in [0.3, 0.4) is 0 Å². The second-order valence-corrected chi connectivity index (χ2v) is 24.6. The predicted octanol–water partition coefficient (Wildman–Crippen LogP) is 16.7. The van der Waals surface area contributed by atoms with Crippen molar-refractivity contribution in [1.82, 2.24) is 0 Å². The van der Waals surface area contributed by atoms with E-state index in [2.05, 4.69) is 257 Å². The molecule has 0 amide bonds. The van der Waals surface area contributed by atoms with Crippen LogP contribution in [-0.4, -0.2) is 6.71 Å². The Labute approximate surface area is 409 Å². The first-order valence-electron chi connectivity index (χ1n) is 24.5. The summed E-state index contributed by atoms with van der Waals surface area (Å²) < 4.78 is 2.67. The molecular formula is C64H63BN2S. The van der Waals surface area contributed by atoms with Gasteiger partial charge in [-0.25, -0.2) is 0 Å². The fourth-order valence-electron chi connectivity index (χ4n) is 10.7. The van der Waals surface area contributed by atoms with E-state index in [1.54, 1.807) is 0 Å².